The van der Waals surface area contributed by atoms with Crippen LogP contribution in [-0.4, -0.2) is 23.8 Å². The summed E-state index contributed by atoms with van der Waals surface area (Å²) in [5, 5.41) is 8.81. The minimum absolute atomic E-state index is 0.0975. The Bertz CT molecular complexity index is 352. The number of aliphatic hydroxyl groups excluding tert-OH is 1. The molecule has 0 aromatic carbocycles. The van der Waals surface area contributed by atoms with Crippen LogP contribution >= 0.6 is 0 Å². The average Bonchev–Trinajstić information content (AvgIpc) is 2.64. The van der Waals surface area contributed by atoms with Gasteiger partial charge in [-0.2, -0.15) is 0 Å². The van der Waals surface area contributed by atoms with Gasteiger partial charge in [-0.05, 0) is 69.6 Å². The van der Waals surface area contributed by atoms with Gasteiger partial charge in [0, 0.05) is 6.61 Å². The van der Waals surface area contributed by atoms with Crippen LogP contribution in [0.1, 0.15) is 103 Å². The monoisotopic (exact) mass is 352 g/mol. The van der Waals surface area contributed by atoms with E-state index in [1.807, 2.05) is 0 Å². The molecule has 0 spiro atoms. The van der Waals surface area contributed by atoms with Crippen LogP contribution < -0.4 is 0 Å². The maximum atomic E-state index is 12.5. The number of esters is 1. The molecule has 3 heteroatoms. The second kappa shape index (κ2) is 11.9. The Labute approximate surface area is 154 Å². The van der Waals surface area contributed by atoms with Gasteiger partial charge >= 0.3 is 5.97 Å². The van der Waals surface area contributed by atoms with Crippen LogP contribution in [0.25, 0.3) is 0 Å². The second-order valence-corrected chi connectivity index (χ2v) is 8.51. The molecule has 0 aromatic heterocycles. The molecule has 3 nitrogen and oxygen atoms in total. The average molecular weight is 353 g/mol. The second-order valence-electron chi connectivity index (χ2n) is 8.51. The van der Waals surface area contributed by atoms with Crippen molar-refractivity contribution in [1.29, 1.82) is 0 Å². The third-order valence-electron chi connectivity index (χ3n) is 6.47. The number of unbranched alkanes of at least 4 members (excludes halogenated alkanes) is 3. The molecule has 0 amide bonds. The number of carbonyl (C=O) groups is 1. The van der Waals surface area contributed by atoms with E-state index in [4.69, 9.17) is 9.84 Å². The van der Waals surface area contributed by atoms with E-state index in [2.05, 4.69) is 6.92 Å². The van der Waals surface area contributed by atoms with Crippen LogP contribution in [0.5, 0.6) is 0 Å². The van der Waals surface area contributed by atoms with Crippen LogP contribution in [-0.2, 0) is 9.53 Å². The highest BCUT2D eigenvalue weighted by Gasteiger charge is 2.30. The number of rotatable bonds is 10. The first kappa shape index (κ1) is 20.7. The zero-order valence-corrected chi connectivity index (χ0v) is 16.4. The van der Waals surface area contributed by atoms with Crippen molar-refractivity contribution in [1.82, 2.24) is 0 Å². The predicted molar refractivity (Wildman–Crippen MR) is 102 cm³/mol. The normalized spacial score (nSPS) is 30.2. The Balaban J connectivity index is 1.57. The number of ether oxygens (including phenoxy) is 1. The van der Waals surface area contributed by atoms with Gasteiger partial charge < -0.3 is 9.84 Å². The molecule has 2 aliphatic rings. The number of aliphatic hydroxyl groups is 1. The SMILES string of the molecule is CCC[C@H]1CC[C@H](OC(=O)C2CCC(CCCCCCO)CC2)CC1. The molecule has 2 saturated carbocycles. The lowest BCUT2D eigenvalue weighted by Crippen LogP contribution is -2.30. The molecule has 0 heterocycles. The molecular formula is C22H40O3. The van der Waals surface area contributed by atoms with E-state index < -0.39 is 0 Å². The van der Waals surface area contributed by atoms with E-state index in [1.54, 1.807) is 0 Å². The molecule has 0 aliphatic heterocycles. The molecule has 1 N–H and O–H groups in total. The summed E-state index contributed by atoms with van der Waals surface area (Å²) >= 11 is 0. The lowest BCUT2D eigenvalue weighted by molar-refractivity contribution is -0.157. The largest absolute Gasteiger partial charge is 0.462 e. The minimum Gasteiger partial charge on any atom is -0.462 e. The summed E-state index contributed by atoms with van der Waals surface area (Å²) in [6.45, 7) is 2.59. The van der Waals surface area contributed by atoms with Crippen molar-refractivity contribution in [2.24, 2.45) is 17.8 Å². The van der Waals surface area contributed by atoms with Gasteiger partial charge in [0.15, 0.2) is 0 Å². The fourth-order valence-corrected chi connectivity index (χ4v) is 4.79. The molecule has 0 radical (unpaired) electrons. The molecule has 146 valence electrons. The van der Waals surface area contributed by atoms with Crippen molar-refractivity contribution in [3.63, 3.8) is 0 Å². The van der Waals surface area contributed by atoms with Crippen LogP contribution in [0.2, 0.25) is 0 Å². The molecule has 0 atom stereocenters. The highest BCUT2D eigenvalue weighted by Crippen LogP contribution is 2.34. The maximum Gasteiger partial charge on any atom is 0.309 e. The molecule has 0 aromatic rings. The maximum absolute atomic E-state index is 12.5. The molecule has 25 heavy (non-hydrogen) atoms. The summed E-state index contributed by atoms with van der Waals surface area (Å²) in [6.07, 6.45) is 17.8. The molecule has 2 aliphatic carbocycles. The van der Waals surface area contributed by atoms with Crippen molar-refractivity contribution in [2.45, 2.75) is 109 Å². The summed E-state index contributed by atoms with van der Waals surface area (Å²) in [4.78, 5) is 12.5. The number of hydrogen-bond donors (Lipinski definition) is 1. The van der Waals surface area contributed by atoms with Crippen molar-refractivity contribution >= 4 is 5.97 Å². The van der Waals surface area contributed by atoms with Gasteiger partial charge in [-0.25, -0.2) is 0 Å². The van der Waals surface area contributed by atoms with Gasteiger partial charge in [-0.15, -0.1) is 0 Å². The topological polar surface area (TPSA) is 46.5 Å². The third kappa shape index (κ3) is 7.68. The Morgan fingerprint density at radius 3 is 2.08 bits per heavy atom. The van der Waals surface area contributed by atoms with Gasteiger partial charge in [0.1, 0.15) is 6.10 Å². The summed E-state index contributed by atoms with van der Waals surface area (Å²) in [6, 6.07) is 0. The van der Waals surface area contributed by atoms with E-state index in [9.17, 15) is 4.79 Å². The smallest absolute Gasteiger partial charge is 0.309 e. The van der Waals surface area contributed by atoms with Crippen molar-refractivity contribution < 1.29 is 14.6 Å². The van der Waals surface area contributed by atoms with Gasteiger partial charge in [0.25, 0.3) is 0 Å². The van der Waals surface area contributed by atoms with Crippen LogP contribution in [0, 0.1) is 17.8 Å². The van der Waals surface area contributed by atoms with Gasteiger partial charge in [0.2, 0.25) is 0 Å². The van der Waals surface area contributed by atoms with E-state index in [-0.39, 0.29) is 18.0 Å². The van der Waals surface area contributed by atoms with Crippen LogP contribution in [0.3, 0.4) is 0 Å². The highest BCUT2D eigenvalue weighted by molar-refractivity contribution is 5.72. The van der Waals surface area contributed by atoms with Crippen LogP contribution in [0.4, 0.5) is 0 Å². The van der Waals surface area contributed by atoms with E-state index in [0.29, 0.717) is 6.61 Å². The molecule has 0 saturated heterocycles. The van der Waals surface area contributed by atoms with E-state index in [1.165, 1.54) is 57.8 Å². The Morgan fingerprint density at radius 2 is 1.44 bits per heavy atom. The lowest BCUT2D eigenvalue weighted by Gasteiger charge is -2.31. The lowest BCUT2D eigenvalue weighted by atomic mass is 9.79. The summed E-state index contributed by atoms with van der Waals surface area (Å²) in [5.41, 5.74) is 0. The zero-order valence-electron chi connectivity index (χ0n) is 16.4. The first-order valence-corrected chi connectivity index (χ1v) is 11.0. The first-order chi connectivity index (χ1) is 12.2. The Hall–Kier alpha value is -0.570. The number of hydrogen-bond acceptors (Lipinski definition) is 3. The fourth-order valence-electron chi connectivity index (χ4n) is 4.79. The summed E-state index contributed by atoms with van der Waals surface area (Å²) in [7, 11) is 0. The molecular weight excluding hydrogens is 312 g/mol. The molecule has 2 fully saturated rings. The summed E-state index contributed by atoms with van der Waals surface area (Å²) < 4.78 is 5.86. The highest BCUT2D eigenvalue weighted by atomic mass is 16.5. The fraction of sp³-hybridized carbons (Fsp3) is 0.955. The third-order valence-corrected chi connectivity index (χ3v) is 6.47. The zero-order chi connectivity index (χ0) is 17.9. The first-order valence-electron chi connectivity index (χ1n) is 11.0. The minimum atomic E-state index is 0.0975. The standard InChI is InChI=1S/C22H40O3/c1-2-7-18-11-15-21(16-12-18)25-22(24)20-13-9-19(10-14-20)8-5-3-4-6-17-23/h18-21,23H,2-17H2,1H3/t18-,19?,20?,21-. The van der Waals surface area contributed by atoms with Crippen molar-refractivity contribution in [2.75, 3.05) is 6.61 Å². The van der Waals surface area contributed by atoms with E-state index >= 15 is 0 Å². The molecule has 2 rings (SSSR count). The number of carbonyl (C=O) groups excluding carboxylic acids is 1. The Kier molecular flexibility index (Phi) is 9.90. The summed E-state index contributed by atoms with van der Waals surface area (Å²) in [5.74, 6) is 1.94. The van der Waals surface area contributed by atoms with Crippen molar-refractivity contribution in [3.8, 4) is 0 Å². The molecule has 0 unspecified atom stereocenters. The van der Waals surface area contributed by atoms with Gasteiger partial charge in [-0.3, -0.25) is 4.79 Å². The molecule has 0 bridgehead atoms. The van der Waals surface area contributed by atoms with Crippen LogP contribution in [0.15, 0.2) is 0 Å². The van der Waals surface area contributed by atoms with Crippen molar-refractivity contribution in [3.05, 3.63) is 0 Å². The van der Waals surface area contributed by atoms with Gasteiger partial charge in [0.05, 0.1) is 5.92 Å². The Morgan fingerprint density at radius 1 is 0.840 bits per heavy atom. The quantitative estimate of drug-likeness (QED) is 0.409. The van der Waals surface area contributed by atoms with E-state index in [0.717, 1.165) is 50.4 Å². The van der Waals surface area contributed by atoms with Gasteiger partial charge in [-0.1, -0.05) is 45.4 Å². The predicted octanol–water partition coefficient (Wildman–Crippen LogP) is 5.64.